The van der Waals surface area contributed by atoms with Gasteiger partial charge < -0.3 is 5.11 Å². The lowest BCUT2D eigenvalue weighted by Gasteiger charge is -2.33. The Kier molecular flexibility index (Phi) is 4.59. The van der Waals surface area contributed by atoms with Gasteiger partial charge in [-0.15, -0.1) is 0 Å². The standard InChI is InChI=1S/C12H15Br2NO3S/c1-8-7-19(17,18)3-2-15(8)6-9-4-10(13)12(16)11(14)5-9/h4-5,8,16H,2-3,6-7H2,1H3. The predicted octanol–water partition coefficient (Wildman–Crippen LogP) is 2.54. The fourth-order valence-electron chi connectivity index (χ4n) is 2.21. The minimum Gasteiger partial charge on any atom is -0.506 e. The molecule has 1 aromatic carbocycles. The molecule has 0 aliphatic carbocycles. The second kappa shape index (κ2) is 5.71. The van der Waals surface area contributed by atoms with Crippen LogP contribution in [0.4, 0.5) is 0 Å². The summed E-state index contributed by atoms with van der Waals surface area (Å²) >= 11 is 6.60. The number of hydrogen-bond donors (Lipinski definition) is 1. The molecule has 1 unspecified atom stereocenters. The van der Waals surface area contributed by atoms with Crippen LogP contribution >= 0.6 is 31.9 Å². The number of nitrogens with zero attached hydrogens (tertiary/aromatic N) is 1. The predicted molar refractivity (Wildman–Crippen MR) is 82.0 cm³/mol. The summed E-state index contributed by atoms with van der Waals surface area (Å²) in [6.45, 7) is 3.16. The summed E-state index contributed by atoms with van der Waals surface area (Å²) in [6.07, 6.45) is 0. The van der Waals surface area contributed by atoms with Crippen molar-refractivity contribution in [1.29, 1.82) is 0 Å². The lowest BCUT2D eigenvalue weighted by atomic mass is 10.2. The van der Waals surface area contributed by atoms with E-state index in [4.69, 9.17) is 0 Å². The molecule has 1 aliphatic heterocycles. The number of halogens is 2. The third kappa shape index (κ3) is 3.71. The molecule has 1 aromatic rings. The van der Waals surface area contributed by atoms with Gasteiger partial charge in [-0.2, -0.15) is 0 Å². The molecular weight excluding hydrogens is 398 g/mol. The van der Waals surface area contributed by atoms with Gasteiger partial charge in [0.05, 0.1) is 20.5 Å². The van der Waals surface area contributed by atoms with Crippen molar-refractivity contribution < 1.29 is 13.5 Å². The Labute approximate surface area is 130 Å². The minimum absolute atomic E-state index is 0.0186. The average Bonchev–Trinajstić information content (AvgIpc) is 2.29. The first kappa shape index (κ1) is 15.3. The van der Waals surface area contributed by atoms with E-state index in [2.05, 4.69) is 36.8 Å². The molecule has 106 valence electrons. The number of sulfone groups is 1. The van der Waals surface area contributed by atoms with Crippen molar-refractivity contribution in [3.8, 4) is 5.75 Å². The van der Waals surface area contributed by atoms with Gasteiger partial charge in [0.25, 0.3) is 0 Å². The average molecular weight is 413 g/mol. The lowest BCUT2D eigenvalue weighted by Crippen LogP contribution is -2.46. The molecule has 0 radical (unpaired) electrons. The first-order valence-electron chi connectivity index (χ1n) is 5.90. The fraction of sp³-hybridized carbons (Fsp3) is 0.500. The molecule has 0 aromatic heterocycles. The quantitative estimate of drug-likeness (QED) is 0.810. The second-order valence-electron chi connectivity index (χ2n) is 4.84. The lowest BCUT2D eigenvalue weighted by molar-refractivity contribution is 0.218. The number of benzene rings is 1. The van der Waals surface area contributed by atoms with Gasteiger partial charge in [0.1, 0.15) is 5.75 Å². The molecule has 0 spiro atoms. The van der Waals surface area contributed by atoms with E-state index in [1.165, 1.54) is 0 Å². The molecule has 19 heavy (non-hydrogen) atoms. The van der Waals surface area contributed by atoms with Gasteiger partial charge in [0.2, 0.25) is 0 Å². The maximum absolute atomic E-state index is 11.5. The van der Waals surface area contributed by atoms with E-state index in [1.54, 1.807) is 0 Å². The van der Waals surface area contributed by atoms with Gasteiger partial charge in [0, 0.05) is 19.1 Å². The van der Waals surface area contributed by atoms with Gasteiger partial charge in [0.15, 0.2) is 9.84 Å². The highest BCUT2D eigenvalue weighted by Crippen LogP contribution is 2.34. The number of phenolic OH excluding ortho intramolecular Hbond substituents is 1. The molecule has 1 heterocycles. The first-order chi connectivity index (χ1) is 8.78. The van der Waals surface area contributed by atoms with Crippen molar-refractivity contribution in [3.63, 3.8) is 0 Å². The van der Waals surface area contributed by atoms with Crippen LogP contribution in [0.2, 0.25) is 0 Å². The number of phenols is 1. The van der Waals surface area contributed by atoms with Gasteiger partial charge in [-0.25, -0.2) is 8.42 Å². The molecule has 1 N–H and O–H groups in total. The van der Waals surface area contributed by atoms with Crippen LogP contribution in [-0.2, 0) is 16.4 Å². The van der Waals surface area contributed by atoms with Gasteiger partial charge >= 0.3 is 0 Å². The van der Waals surface area contributed by atoms with Crippen LogP contribution in [0, 0.1) is 0 Å². The highest BCUT2D eigenvalue weighted by atomic mass is 79.9. The Morgan fingerprint density at radius 1 is 1.37 bits per heavy atom. The molecule has 0 saturated carbocycles. The topological polar surface area (TPSA) is 57.6 Å². The van der Waals surface area contributed by atoms with Crippen LogP contribution in [0.1, 0.15) is 12.5 Å². The monoisotopic (exact) mass is 411 g/mol. The first-order valence-corrected chi connectivity index (χ1v) is 9.30. The van der Waals surface area contributed by atoms with E-state index in [9.17, 15) is 13.5 Å². The molecule has 1 saturated heterocycles. The van der Waals surface area contributed by atoms with Crippen LogP contribution < -0.4 is 0 Å². The molecule has 0 amide bonds. The number of aromatic hydroxyl groups is 1. The summed E-state index contributed by atoms with van der Waals surface area (Å²) in [4.78, 5) is 2.15. The third-order valence-corrected chi connectivity index (χ3v) is 6.27. The van der Waals surface area contributed by atoms with E-state index in [1.807, 2.05) is 19.1 Å². The van der Waals surface area contributed by atoms with Gasteiger partial charge in [-0.1, -0.05) is 0 Å². The van der Waals surface area contributed by atoms with E-state index in [0.717, 1.165) is 5.56 Å². The Bertz CT molecular complexity index is 566. The minimum atomic E-state index is -2.88. The molecule has 4 nitrogen and oxygen atoms in total. The van der Waals surface area contributed by atoms with Gasteiger partial charge in [-0.05, 0) is 56.5 Å². The highest BCUT2D eigenvalue weighted by molar-refractivity contribution is 9.11. The zero-order valence-electron chi connectivity index (χ0n) is 10.4. The summed E-state index contributed by atoms with van der Waals surface area (Å²) < 4.78 is 24.3. The molecule has 0 bridgehead atoms. The maximum Gasteiger partial charge on any atom is 0.153 e. The molecule has 2 rings (SSSR count). The summed E-state index contributed by atoms with van der Waals surface area (Å²) in [7, 11) is -2.88. The maximum atomic E-state index is 11.5. The summed E-state index contributed by atoms with van der Waals surface area (Å²) in [5.74, 6) is 0.614. The Balaban J connectivity index is 2.14. The molecule has 1 aliphatic rings. The van der Waals surface area contributed by atoms with Crippen LogP contribution in [0.3, 0.4) is 0 Å². The SMILES string of the molecule is CC1CS(=O)(=O)CCN1Cc1cc(Br)c(O)c(Br)c1. The zero-order valence-corrected chi connectivity index (χ0v) is 14.4. The highest BCUT2D eigenvalue weighted by Gasteiger charge is 2.28. The van der Waals surface area contributed by atoms with E-state index >= 15 is 0 Å². The Hall–Kier alpha value is -0.110. The van der Waals surface area contributed by atoms with Crippen molar-refractivity contribution in [1.82, 2.24) is 4.90 Å². The van der Waals surface area contributed by atoms with Crippen LogP contribution in [0.5, 0.6) is 5.75 Å². The number of rotatable bonds is 2. The largest absolute Gasteiger partial charge is 0.506 e. The van der Waals surface area contributed by atoms with E-state index in [-0.39, 0.29) is 23.3 Å². The van der Waals surface area contributed by atoms with Crippen molar-refractivity contribution in [2.75, 3.05) is 18.1 Å². The van der Waals surface area contributed by atoms with Crippen LogP contribution in [0.15, 0.2) is 21.1 Å². The third-order valence-electron chi connectivity index (χ3n) is 3.27. The summed E-state index contributed by atoms with van der Waals surface area (Å²) in [5.41, 5.74) is 1.03. The summed E-state index contributed by atoms with van der Waals surface area (Å²) in [5, 5.41) is 9.67. The molecule has 1 atom stereocenters. The van der Waals surface area contributed by atoms with E-state index < -0.39 is 9.84 Å². The Morgan fingerprint density at radius 3 is 2.47 bits per heavy atom. The van der Waals surface area contributed by atoms with Gasteiger partial charge in [-0.3, -0.25) is 4.90 Å². The van der Waals surface area contributed by atoms with Crippen LogP contribution in [0.25, 0.3) is 0 Å². The van der Waals surface area contributed by atoms with Crippen molar-refractivity contribution in [2.45, 2.75) is 19.5 Å². The summed E-state index contributed by atoms with van der Waals surface area (Å²) in [6, 6.07) is 3.73. The van der Waals surface area contributed by atoms with Crippen molar-refractivity contribution in [2.24, 2.45) is 0 Å². The zero-order chi connectivity index (χ0) is 14.2. The smallest absolute Gasteiger partial charge is 0.153 e. The molecule has 7 heteroatoms. The van der Waals surface area contributed by atoms with Crippen molar-refractivity contribution >= 4 is 41.7 Å². The fourth-order valence-corrected chi connectivity index (χ4v) is 5.12. The normalized spacial score (nSPS) is 23.4. The molecule has 1 fully saturated rings. The Morgan fingerprint density at radius 2 is 1.95 bits per heavy atom. The molecular formula is C12H15Br2NO3S. The van der Waals surface area contributed by atoms with Crippen molar-refractivity contribution in [3.05, 3.63) is 26.6 Å². The van der Waals surface area contributed by atoms with E-state index in [0.29, 0.717) is 22.0 Å². The number of hydrogen-bond acceptors (Lipinski definition) is 4. The van der Waals surface area contributed by atoms with Crippen LogP contribution in [-0.4, -0.2) is 42.5 Å². The second-order valence-corrected chi connectivity index (χ2v) is 8.78.